The van der Waals surface area contributed by atoms with E-state index in [4.69, 9.17) is 18.9 Å². The molecule has 5 nitrogen and oxygen atoms in total. The van der Waals surface area contributed by atoms with Gasteiger partial charge in [0, 0.05) is 23.8 Å². The molecule has 2 aliphatic carbocycles. The second-order valence-electron chi connectivity index (χ2n) is 9.38. The van der Waals surface area contributed by atoms with Crippen molar-refractivity contribution in [2.24, 2.45) is 0 Å². The highest BCUT2D eigenvalue weighted by Gasteiger charge is 2.47. The minimum Gasteiger partial charge on any atom is -0.490 e. The molecule has 8 heteroatoms. The number of hydrogen-bond donors (Lipinski definition) is 0. The maximum atomic E-state index is 12.7. The molecule has 2 aromatic carbocycles. The largest absolute Gasteiger partial charge is 0.573 e. The van der Waals surface area contributed by atoms with E-state index in [2.05, 4.69) is 16.9 Å². The molecule has 0 atom stereocenters. The van der Waals surface area contributed by atoms with Crippen LogP contribution in [0.25, 0.3) is 0 Å². The third kappa shape index (κ3) is 5.50. The Labute approximate surface area is 197 Å². The second-order valence-corrected chi connectivity index (χ2v) is 9.38. The van der Waals surface area contributed by atoms with Gasteiger partial charge in [0.05, 0.1) is 32.5 Å². The first kappa shape index (κ1) is 23.5. The van der Waals surface area contributed by atoms with Crippen LogP contribution in [-0.4, -0.2) is 38.1 Å². The molecule has 3 aliphatic rings. The fourth-order valence-electron chi connectivity index (χ4n) is 4.91. The Bertz CT molecular complexity index is 958. The van der Waals surface area contributed by atoms with Gasteiger partial charge in [-0.25, -0.2) is 0 Å². The lowest BCUT2D eigenvalue weighted by atomic mass is 9.68. The van der Waals surface area contributed by atoms with E-state index in [0.717, 1.165) is 38.5 Å². The minimum atomic E-state index is -4.75. The Morgan fingerprint density at radius 2 is 1.62 bits per heavy atom. The summed E-state index contributed by atoms with van der Waals surface area (Å²) >= 11 is 0. The van der Waals surface area contributed by atoms with E-state index in [-0.39, 0.29) is 23.9 Å². The van der Waals surface area contributed by atoms with Crippen molar-refractivity contribution >= 4 is 0 Å². The average molecular weight is 479 g/mol. The number of ether oxygens (including phenoxy) is 5. The van der Waals surface area contributed by atoms with Gasteiger partial charge in [0.25, 0.3) is 0 Å². The molecule has 1 heterocycles. The van der Waals surface area contributed by atoms with Gasteiger partial charge in [-0.15, -0.1) is 13.2 Å². The van der Waals surface area contributed by atoms with Gasteiger partial charge in [0.1, 0.15) is 11.5 Å². The monoisotopic (exact) mass is 478 g/mol. The molecule has 34 heavy (non-hydrogen) atoms. The van der Waals surface area contributed by atoms with Crippen molar-refractivity contribution < 1.29 is 36.9 Å². The topological polar surface area (TPSA) is 46.2 Å². The summed E-state index contributed by atoms with van der Waals surface area (Å²) in [5.41, 5.74) is 1.51. The summed E-state index contributed by atoms with van der Waals surface area (Å²) < 4.78 is 66.3. The number of halogens is 3. The van der Waals surface area contributed by atoms with E-state index in [0.29, 0.717) is 31.1 Å². The zero-order chi connectivity index (χ0) is 23.7. The smallest absolute Gasteiger partial charge is 0.490 e. The number of rotatable bonds is 8. The van der Waals surface area contributed by atoms with E-state index < -0.39 is 12.1 Å². The molecule has 0 aromatic heterocycles. The molecule has 0 amide bonds. The van der Waals surface area contributed by atoms with E-state index in [1.807, 2.05) is 18.2 Å². The van der Waals surface area contributed by atoms with Gasteiger partial charge in [-0.2, -0.15) is 0 Å². The highest BCUT2D eigenvalue weighted by atomic mass is 19.4. The normalized spacial score (nSPS) is 21.5. The lowest BCUT2D eigenvalue weighted by Crippen LogP contribution is -2.44. The fraction of sp³-hybridized carbons (Fsp3) is 0.538. The van der Waals surface area contributed by atoms with Crippen LogP contribution in [0.1, 0.15) is 49.7 Å². The van der Waals surface area contributed by atoms with Crippen LogP contribution >= 0.6 is 0 Å². The van der Waals surface area contributed by atoms with Gasteiger partial charge in [-0.05, 0) is 49.4 Å². The lowest BCUT2D eigenvalue weighted by molar-refractivity contribution is -0.274. The molecule has 0 N–H and O–H groups in total. The zero-order valence-electron chi connectivity index (χ0n) is 18.9. The van der Waals surface area contributed by atoms with Gasteiger partial charge in [-0.1, -0.05) is 30.3 Å². The molecule has 1 saturated heterocycles. The van der Waals surface area contributed by atoms with E-state index in [1.54, 1.807) is 0 Å². The van der Waals surface area contributed by atoms with Crippen molar-refractivity contribution in [2.75, 3.05) is 19.8 Å². The maximum Gasteiger partial charge on any atom is 0.573 e. The summed E-state index contributed by atoms with van der Waals surface area (Å²) in [6.07, 6.45) is 0.473. The molecule has 5 rings (SSSR count). The quantitative estimate of drug-likeness (QED) is 0.473. The molecular formula is C26H29F3O5. The molecule has 0 unspecified atom stereocenters. The Morgan fingerprint density at radius 3 is 2.26 bits per heavy atom. The van der Waals surface area contributed by atoms with E-state index in [1.165, 1.54) is 23.8 Å². The highest BCUT2D eigenvalue weighted by Crippen LogP contribution is 2.47. The Kier molecular flexibility index (Phi) is 6.48. The molecule has 0 bridgehead atoms. The Balaban J connectivity index is 1.31. The fourth-order valence-corrected chi connectivity index (χ4v) is 4.91. The van der Waals surface area contributed by atoms with E-state index >= 15 is 0 Å². The molecule has 3 fully saturated rings. The van der Waals surface area contributed by atoms with Crippen molar-refractivity contribution in [2.45, 2.75) is 68.8 Å². The average Bonchev–Trinajstić information content (AvgIpc) is 3.52. The highest BCUT2D eigenvalue weighted by molar-refractivity contribution is 5.40. The van der Waals surface area contributed by atoms with E-state index in [9.17, 15) is 13.2 Å². The van der Waals surface area contributed by atoms with Crippen LogP contribution in [0.2, 0.25) is 0 Å². The predicted octanol–water partition coefficient (Wildman–Crippen LogP) is 5.90. The lowest BCUT2D eigenvalue weighted by Gasteiger charge is -2.44. The van der Waals surface area contributed by atoms with Gasteiger partial charge < -0.3 is 23.7 Å². The minimum absolute atomic E-state index is 0.116. The van der Waals surface area contributed by atoms with Crippen molar-refractivity contribution in [3.63, 3.8) is 0 Å². The molecule has 2 saturated carbocycles. The summed E-state index contributed by atoms with van der Waals surface area (Å²) in [6, 6.07) is 14.4. The number of benzene rings is 2. The van der Waals surface area contributed by atoms with Crippen molar-refractivity contribution in [1.82, 2.24) is 0 Å². The van der Waals surface area contributed by atoms with Crippen LogP contribution in [0, 0.1) is 0 Å². The van der Waals surface area contributed by atoms with Crippen LogP contribution in [0.15, 0.2) is 48.5 Å². The molecular weight excluding hydrogens is 449 g/mol. The maximum absolute atomic E-state index is 12.7. The summed E-state index contributed by atoms with van der Waals surface area (Å²) in [5, 5.41) is 0. The Hall–Kier alpha value is -2.29. The number of alkyl halides is 3. The zero-order valence-corrected chi connectivity index (χ0v) is 18.9. The predicted molar refractivity (Wildman–Crippen MR) is 118 cm³/mol. The summed E-state index contributed by atoms with van der Waals surface area (Å²) in [7, 11) is 0. The van der Waals surface area contributed by atoms with Gasteiger partial charge >= 0.3 is 6.36 Å². The first-order chi connectivity index (χ1) is 16.3. The molecule has 0 radical (unpaired) electrons. The van der Waals surface area contributed by atoms with Gasteiger partial charge in [0.15, 0.2) is 5.79 Å². The number of hydrogen-bond acceptors (Lipinski definition) is 5. The summed E-state index contributed by atoms with van der Waals surface area (Å²) in [6.45, 7) is 1.80. The molecule has 2 aromatic rings. The first-order valence-corrected chi connectivity index (χ1v) is 11.8. The third-order valence-corrected chi connectivity index (χ3v) is 6.89. The van der Waals surface area contributed by atoms with Crippen molar-refractivity contribution in [3.05, 3.63) is 59.7 Å². The van der Waals surface area contributed by atoms with Gasteiger partial charge in [0.2, 0.25) is 0 Å². The SMILES string of the molecule is FC(F)(F)Oc1ccc(OC2CC2)c(COCC2(c3ccccc3)CCC3(CC2)OCCO3)c1. The first-order valence-electron chi connectivity index (χ1n) is 11.8. The molecule has 184 valence electrons. The van der Waals surface area contributed by atoms with Crippen LogP contribution < -0.4 is 9.47 Å². The summed E-state index contributed by atoms with van der Waals surface area (Å²) in [4.78, 5) is 0. The van der Waals surface area contributed by atoms with Gasteiger partial charge in [-0.3, -0.25) is 0 Å². The van der Waals surface area contributed by atoms with Crippen LogP contribution in [0.4, 0.5) is 13.2 Å². The van der Waals surface area contributed by atoms with Crippen molar-refractivity contribution in [3.8, 4) is 11.5 Å². The van der Waals surface area contributed by atoms with Crippen LogP contribution in [0.3, 0.4) is 0 Å². The summed E-state index contributed by atoms with van der Waals surface area (Å²) in [5.74, 6) is -0.226. The van der Waals surface area contributed by atoms with Crippen LogP contribution in [-0.2, 0) is 26.2 Å². The molecule has 1 aliphatic heterocycles. The molecule has 1 spiro atoms. The second kappa shape index (κ2) is 9.40. The third-order valence-electron chi connectivity index (χ3n) is 6.89. The standard InChI is InChI=1S/C26H29F3O5/c27-26(28,29)34-22-8-9-23(33-21-6-7-21)19(16-22)17-30-18-24(20-4-2-1-3-5-20)10-12-25(13-11-24)31-14-15-32-25/h1-5,8-9,16,21H,6-7,10-15,17-18H2. The Morgan fingerprint density at radius 1 is 0.912 bits per heavy atom. The van der Waals surface area contributed by atoms with Crippen molar-refractivity contribution in [1.29, 1.82) is 0 Å². The van der Waals surface area contributed by atoms with Crippen LogP contribution in [0.5, 0.6) is 11.5 Å².